The first-order chi connectivity index (χ1) is 13.1. The Labute approximate surface area is 168 Å². The van der Waals surface area contributed by atoms with E-state index in [1.165, 1.54) is 0 Å². The van der Waals surface area contributed by atoms with Crippen molar-refractivity contribution in [1.29, 1.82) is 5.26 Å². The van der Waals surface area contributed by atoms with Crippen molar-refractivity contribution in [3.05, 3.63) is 35.4 Å². The number of carbonyl (C=O) groups is 2. The van der Waals surface area contributed by atoms with Crippen molar-refractivity contribution in [1.82, 2.24) is 9.80 Å². The molecule has 1 fully saturated rings. The van der Waals surface area contributed by atoms with Gasteiger partial charge < -0.3 is 14.5 Å². The Hall–Kier alpha value is -2.55. The fraction of sp³-hybridized carbons (Fsp3) is 0.591. The van der Waals surface area contributed by atoms with Crippen LogP contribution >= 0.6 is 0 Å². The number of carbonyl (C=O) groups excluding carboxylic acids is 2. The molecule has 1 saturated heterocycles. The van der Waals surface area contributed by atoms with Crippen molar-refractivity contribution in [2.75, 3.05) is 13.1 Å². The third kappa shape index (κ3) is 5.72. The highest BCUT2D eigenvalue weighted by atomic mass is 16.6. The molecule has 0 saturated carbocycles. The molecular weight excluding hydrogens is 354 g/mol. The van der Waals surface area contributed by atoms with Gasteiger partial charge in [0.2, 0.25) is 5.91 Å². The van der Waals surface area contributed by atoms with E-state index >= 15 is 0 Å². The highest BCUT2D eigenvalue weighted by molar-refractivity contribution is 5.80. The Morgan fingerprint density at radius 2 is 2.00 bits per heavy atom. The van der Waals surface area contributed by atoms with E-state index in [-0.39, 0.29) is 24.0 Å². The summed E-state index contributed by atoms with van der Waals surface area (Å²) in [6, 6.07) is 9.54. The van der Waals surface area contributed by atoms with Crippen LogP contribution in [0.3, 0.4) is 0 Å². The third-order valence-corrected chi connectivity index (χ3v) is 4.81. The van der Waals surface area contributed by atoms with Crippen LogP contribution in [0.4, 0.5) is 4.79 Å². The van der Waals surface area contributed by atoms with E-state index in [0.29, 0.717) is 25.2 Å². The lowest BCUT2D eigenvalue weighted by Crippen LogP contribution is -2.49. The summed E-state index contributed by atoms with van der Waals surface area (Å²) in [6.45, 7) is 10.8. The minimum atomic E-state index is -0.557. The molecule has 0 aromatic heterocycles. The number of amides is 2. The van der Waals surface area contributed by atoms with Gasteiger partial charge in [0.25, 0.3) is 0 Å². The summed E-state index contributed by atoms with van der Waals surface area (Å²) in [7, 11) is 0. The van der Waals surface area contributed by atoms with Crippen LogP contribution in [0.15, 0.2) is 24.3 Å². The first kappa shape index (κ1) is 21.7. The van der Waals surface area contributed by atoms with E-state index in [1.807, 2.05) is 52.8 Å². The molecule has 0 unspecified atom stereocenters. The van der Waals surface area contributed by atoms with E-state index in [9.17, 15) is 14.9 Å². The molecular formula is C22H31N3O3. The maximum atomic E-state index is 13.3. The van der Waals surface area contributed by atoms with Gasteiger partial charge in [-0.3, -0.25) is 4.79 Å². The van der Waals surface area contributed by atoms with Gasteiger partial charge in [-0.15, -0.1) is 0 Å². The normalized spacial score (nSPS) is 17.2. The SMILES string of the molecule is CC(C)N(Cc1ccccc1C#N)C(=O)[C@H]1CCCN(C(=O)OC(C)(C)C)C1. The summed E-state index contributed by atoms with van der Waals surface area (Å²) in [4.78, 5) is 29.1. The molecule has 1 atom stereocenters. The molecule has 6 heteroatoms. The molecule has 6 nitrogen and oxygen atoms in total. The molecule has 28 heavy (non-hydrogen) atoms. The number of nitriles is 1. The molecule has 2 amide bonds. The summed E-state index contributed by atoms with van der Waals surface area (Å²) in [6.07, 6.45) is 1.16. The van der Waals surface area contributed by atoms with Crippen LogP contribution < -0.4 is 0 Å². The lowest BCUT2D eigenvalue weighted by atomic mass is 9.95. The van der Waals surface area contributed by atoms with Crippen molar-refractivity contribution >= 4 is 12.0 Å². The smallest absolute Gasteiger partial charge is 0.410 e. The lowest BCUT2D eigenvalue weighted by molar-refractivity contribution is -0.139. The average molecular weight is 386 g/mol. The first-order valence-electron chi connectivity index (χ1n) is 9.88. The second-order valence-electron chi connectivity index (χ2n) is 8.59. The molecule has 1 aromatic carbocycles. The zero-order chi connectivity index (χ0) is 20.9. The number of likely N-dealkylation sites (tertiary alicyclic amines) is 1. The Balaban J connectivity index is 2.12. The van der Waals surface area contributed by atoms with Gasteiger partial charge in [-0.2, -0.15) is 5.26 Å². The summed E-state index contributed by atoms with van der Waals surface area (Å²) in [5.74, 6) is -0.228. The topological polar surface area (TPSA) is 73.6 Å². The Morgan fingerprint density at radius 1 is 1.32 bits per heavy atom. The molecule has 0 spiro atoms. The van der Waals surface area contributed by atoms with Gasteiger partial charge in [-0.05, 0) is 59.1 Å². The molecule has 2 rings (SSSR count). The zero-order valence-electron chi connectivity index (χ0n) is 17.6. The molecule has 1 aliphatic rings. The minimum absolute atomic E-state index is 0.00356. The van der Waals surface area contributed by atoms with Crippen LogP contribution in [0, 0.1) is 17.2 Å². The average Bonchev–Trinajstić information content (AvgIpc) is 2.64. The van der Waals surface area contributed by atoms with Crippen LogP contribution in [0.2, 0.25) is 0 Å². The maximum Gasteiger partial charge on any atom is 0.410 e. The molecule has 1 aliphatic heterocycles. The van der Waals surface area contributed by atoms with Gasteiger partial charge in [0.15, 0.2) is 0 Å². The molecule has 1 heterocycles. The van der Waals surface area contributed by atoms with Crippen LogP contribution in [0.25, 0.3) is 0 Å². The van der Waals surface area contributed by atoms with Crippen LogP contribution in [-0.4, -0.2) is 46.5 Å². The van der Waals surface area contributed by atoms with Crippen molar-refractivity contribution in [3.63, 3.8) is 0 Å². The van der Waals surface area contributed by atoms with Gasteiger partial charge >= 0.3 is 6.09 Å². The number of benzene rings is 1. The Bertz CT molecular complexity index is 746. The Kier molecular flexibility index (Phi) is 7.06. The number of ether oxygens (including phenoxy) is 1. The van der Waals surface area contributed by atoms with Crippen LogP contribution in [-0.2, 0) is 16.1 Å². The third-order valence-electron chi connectivity index (χ3n) is 4.81. The standard InChI is InChI=1S/C22H31N3O3/c1-16(2)25(15-18-10-7-6-9-17(18)13-23)20(26)19-11-8-12-24(14-19)21(27)28-22(3,4)5/h6-7,9-10,16,19H,8,11-12,14-15H2,1-5H3/t19-/m0/s1. The maximum absolute atomic E-state index is 13.3. The van der Waals surface area contributed by atoms with Gasteiger partial charge in [-0.25, -0.2) is 4.79 Å². The number of nitrogens with zero attached hydrogens (tertiary/aromatic N) is 3. The molecule has 0 aliphatic carbocycles. The summed E-state index contributed by atoms with van der Waals surface area (Å²) in [5, 5.41) is 9.33. The molecule has 0 N–H and O–H groups in total. The highest BCUT2D eigenvalue weighted by Crippen LogP contribution is 2.23. The number of hydrogen-bond donors (Lipinski definition) is 0. The minimum Gasteiger partial charge on any atom is -0.444 e. The summed E-state index contributed by atoms with van der Waals surface area (Å²) in [5.41, 5.74) is 0.866. The van der Waals surface area contributed by atoms with E-state index in [4.69, 9.17) is 4.74 Å². The van der Waals surface area contributed by atoms with E-state index < -0.39 is 5.60 Å². The molecule has 1 aromatic rings. The predicted octanol–water partition coefficient (Wildman–Crippen LogP) is 3.94. The van der Waals surface area contributed by atoms with Gasteiger partial charge in [-0.1, -0.05) is 18.2 Å². The summed E-state index contributed by atoms with van der Waals surface area (Å²) < 4.78 is 5.47. The van der Waals surface area contributed by atoms with E-state index in [2.05, 4.69) is 6.07 Å². The van der Waals surface area contributed by atoms with E-state index in [0.717, 1.165) is 18.4 Å². The number of piperidine rings is 1. The molecule has 0 bridgehead atoms. The monoisotopic (exact) mass is 385 g/mol. The van der Waals surface area contributed by atoms with Gasteiger partial charge in [0.1, 0.15) is 5.60 Å². The van der Waals surface area contributed by atoms with Crippen molar-refractivity contribution < 1.29 is 14.3 Å². The van der Waals surface area contributed by atoms with Crippen LogP contribution in [0.1, 0.15) is 58.6 Å². The van der Waals surface area contributed by atoms with Gasteiger partial charge in [0.05, 0.1) is 17.6 Å². The lowest BCUT2D eigenvalue weighted by Gasteiger charge is -2.37. The van der Waals surface area contributed by atoms with Crippen molar-refractivity contribution in [2.24, 2.45) is 5.92 Å². The second-order valence-corrected chi connectivity index (χ2v) is 8.59. The quantitative estimate of drug-likeness (QED) is 0.787. The first-order valence-corrected chi connectivity index (χ1v) is 9.88. The Morgan fingerprint density at radius 3 is 2.61 bits per heavy atom. The summed E-state index contributed by atoms with van der Waals surface area (Å²) >= 11 is 0. The van der Waals surface area contributed by atoms with E-state index in [1.54, 1.807) is 15.9 Å². The second kappa shape index (κ2) is 9.09. The zero-order valence-corrected chi connectivity index (χ0v) is 17.6. The van der Waals surface area contributed by atoms with Crippen molar-refractivity contribution in [2.45, 2.75) is 65.6 Å². The van der Waals surface area contributed by atoms with Gasteiger partial charge in [0, 0.05) is 25.7 Å². The largest absolute Gasteiger partial charge is 0.444 e. The molecule has 0 radical (unpaired) electrons. The van der Waals surface area contributed by atoms with Crippen molar-refractivity contribution in [3.8, 4) is 6.07 Å². The number of hydrogen-bond acceptors (Lipinski definition) is 4. The fourth-order valence-corrected chi connectivity index (χ4v) is 3.37. The fourth-order valence-electron chi connectivity index (χ4n) is 3.37. The number of rotatable bonds is 4. The molecule has 152 valence electrons. The predicted molar refractivity (Wildman–Crippen MR) is 107 cm³/mol. The highest BCUT2D eigenvalue weighted by Gasteiger charge is 2.34. The van der Waals surface area contributed by atoms with Crippen LogP contribution in [0.5, 0.6) is 0 Å².